The van der Waals surface area contributed by atoms with Crippen LogP contribution < -0.4 is 10.6 Å². The molecule has 0 radical (unpaired) electrons. The van der Waals surface area contributed by atoms with Gasteiger partial charge in [0.25, 0.3) is 0 Å². The minimum atomic E-state index is 0.0228. The predicted octanol–water partition coefficient (Wildman–Crippen LogP) is 2.75. The molecule has 0 bridgehead atoms. The van der Waals surface area contributed by atoms with Crippen molar-refractivity contribution in [3.63, 3.8) is 0 Å². The number of thioether (sulfide) groups is 1. The second-order valence-corrected chi connectivity index (χ2v) is 8.16. The van der Waals surface area contributed by atoms with Gasteiger partial charge in [-0.1, -0.05) is 30.3 Å². The molecule has 2 amide bonds. The lowest BCUT2D eigenvalue weighted by molar-refractivity contribution is 0.233. The molecule has 1 aromatic rings. The molecule has 1 atom stereocenters. The number of rotatable bonds is 6. The topological polar surface area (TPSA) is 44.4 Å². The number of benzene rings is 1. The summed E-state index contributed by atoms with van der Waals surface area (Å²) in [5.41, 5.74) is 1.41. The second-order valence-electron chi connectivity index (χ2n) is 6.93. The number of urea groups is 1. The molecule has 2 fully saturated rings. The van der Waals surface area contributed by atoms with Crippen LogP contribution in [0.2, 0.25) is 0 Å². The zero-order valence-corrected chi connectivity index (χ0v) is 15.2. The van der Waals surface area contributed by atoms with Crippen molar-refractivity contribution in [2.24, 2.45) is 5.92 Å². The van der Waals surface area contributed by atoms with Gasteiger partial charge in [0, 0.05) is 25.7 Å². The number of carbonyl (C=O) groups is 1. The number of likely N-dealkylation sites (tertiary alicyclic amines) is 1. The predicted molar refractivity (Wildman–Crippen MR) is 102 cm³/mol. The molecule has 0 aliphatic carbocycles. The van der Waals surface area contributed by atoms with Gasteiger partial charge in [0.1, 0.15) is 0 Å². The Hall–Kier alpha value is -1.20. The molecule has 0 unspecified atom stereocenters. The van der Waals surface area contributed by atoms with Crippen LogP contribution in [0.15, 0.2) is 30.3 Å². The van der Waals surface area contributed by atoms with Crippen LogP contribution in [0.4, 0.5) is 4.79 Å². The standard InChI is InChI=1S/C19H29N3OS/c23-19(21-18-8-12-24-13-9-18)20-14-17-7-11-22(15-17)10-6-16-4-2-1-3-5-16/h1-5,17-18H,6-15H2,(H2,20,21,23)/t17-/m0/s1. The van der Waals surface area contributed by atoms with E-state index in [0.29, 0.717) is 12.0 Å². The number of carbonyl (C=O) groups excluding carboxylic acids is 1. The summed E-state index contributed by atoms with van der Waals surface area (Å²) in [7, 11) is 0. The quantitative estimate of drug-likeness (QED) is 0.832. The van der Waals surface area contributed by atoms with E-state index in [4.69, 9.17) is 0 Å². The van der Waals surface area contributed by atoms with Gasteiger partial charge in [-0.25, -0.2) is 4.79 Å². The third-order valence-electron chi connectivity index (χ3n) is 5.04. The zero-order valence-electron chi connectivity index (χ0n) is 14.4. The Morgan fingerprint density at radius 1 is 1.17 bits per heavy atom. The summed E-state index contributed by atoms with van der Waals surface area (Å²) in [6, 6.07) is 11.1. The number of hydrogen-bond donors (Lipinski definition) is 2. The van der Waals surface area contributed by atoms with E-state index in [1.54, 1.807) is 0 Å². The lowest BCUT2D eigenvalue weighted by atomic mass is 10.1. The van der Waals surface area contributed by atoms with Crippen LogP contribution in [-0.2, 0) is 6.42 Å². The molecule has 132 valence electrons. The highest BCUT2D eigenvalue weighted by molar-refractivity contribution is 7.99. The summed E-state index contributed by atoms with van der Waals surface area (Å²) in [6.07, 6.45) is 4.51. The third-order valence-corrected chi connectivity index (χ3v) is 6.09. The highest BCUT2D eigenvalue weighted by Gasteiger charge is 2.23. The van der Waals surface area contributed by atoms with Crippen molar-refractivity contribution in [1.82, 2.24) is 15.5 Å². The molecule has 0 saturated carbocycles. The first kappa shape index (κ1) is 17.6. The summed E-state index contributed by atoms with van der Waals surface area (Å²) in [5.74, 6) is 2.93. The van der Waals surface area contributed by atoms with E-state index >= 15 is 0 Å². The SMILES string of the molecule is O=C(NC[C@@H]1CCN(CCc2ccccc2)C1)NC1CCSCC1. The summed E-state index contributed by atoms with van der Waals surface area (Å²) in [5, 5.41) is 6.21. The molecular weight excluding hydrogens is 318 g/mol. The fourth-order valence-electron chi connectivity index (χ4n) is 3.53. The van der Waals surface area contributed by atoms with Gasteiger partial charge in [0.2, 0.25) is 0 Å². The van der Waals surface area contributed by atoms with Gasteiger partial charge in [-0.15, -0.1) is 0 Å². The fourth-order valence-corrected chi connectivity index (χ4v) is 4.64. The number of hydrogen-bond acceptors (Lipinski definition) is 3. The van der Waals surface area contributed by atoms with Gasteiger partial charge < -0.3 is 15.5 Å². The van der Waals surface area contributed by atoms with Gasteiger partial charge >= 0.3 is 6.03 Å². The largest absolute Gasteiger partial charge is 0.338 e. The molecule has 1 aromatic carbocycles. The maximum atomic E-state index is 12.0. The van der Waals surface area contributed by atoms with Gasteiger partial charge in [-0.3, -0.25) is 0 Å². The Balaban J connectivity index is 1.30. The zero-order chi connectivity index (χ0) is 16.6. The van der Waals surface area contributed by atoms with Crippen molar-refractivity contribution >= 4 is 17.8 Å². The average molecular weight is 348 g/mol. The summed E-state index contributed by atoms with van der Waals surface area (Å²) >= 11 is 1.99. The Morgan fingerprint density at radius 3 is 2.75 bits per heavy atom. The molecule has 0 aromatic heterocycles. The molecular formula is C19H29N3OS. The van der Waals surface area contributed by atoms with E-state index in [1.807, 2.05) is 11.8 Å². The van der Waals surface area contributed by atoms with Gasteiger partial charge in [-0.05, 0) is 55.2 Å². The maximum Gasteiger partial charge on any atom is 0.315 e. The van der Waals surface area contributed by atoms with Crippen molar-refractivity contribution < 1.29 is 4.79 Å². The number of nitrogens with zero attached hydrogens (tertiary/aromatic N) is 1. The Bertz CT molecular complexity index is 505. The maximum absolute atomic E-state index is 12.0. The van der Waals surface area contributed by atoms with Crippen LogP contribution in [0.3, 0.4) is 0 Å². The van der Waals surface area contributed by atoms with Crippen molar-refractivity contribution in [3.05, 3.63) is 35.9 Å². The first-order chi connectivity index (χ1) is 11.8. The Kier molecular flexibility index (Phi) is 6.85. The van der Waals surface area contributed by atoms with Gasteiger partial charge in [0.05, 0.1) is 0 Å². The first-order valence-corrected chi connectivity index (χ1v) is 10.3. The van der Waals surface area contributed by atoms with Crippen molar-refractivity contribution in [1.29, 1.82) is 0 Å². The van der Waals surface area contributed by atoms with Crippen LogP contribution >= 0.6 is 11.8 Å². The third kappa shape index (κ3) is 5.71. The second kappa shape index (κ2) is 9.33. The van der Waals surface area contributed by atoms with Crippen LogP contribution in [0.5, 0.6) is 0 Å². The molecule has 2 aliphatic heterocycles. The molecule has 24 heavy (non-hydrogen) atoms. The summed E-state index contributed by atoms with van der Waals surface area (Å²) in [6.45, 7) is 4.18. The fraction of sp³-hybridized carbons (Fsp3) is 0.632. The van der Waals surface area contributed by atoms with Crippen LogP contribution in [0, 0.1) is 5.92 Å². The smallest absolute Gasteiger partial charge is 0.315 e. The van der Waals surface area contributed by atoms with E-state index in [2.05, 4.69) is 45.9 Å². The van der Waals surface area contributed by atoms with Crippen LogP contribution in [-0.4, -0.2) is 54.7 Å². The Labute approximate surface area is 149 Å². The molecule has 4 nitrogen and oxygen atoms in total. The van der Waals surface area contributed by atoms with Crippen LogP contribution in [0.25, 0.3) is 0 Å². The molecule has 2 N–H and O–H groups in total. The van der Waals surface area contributed by atoms with E-state index in [9.17, 15) is 4.79 Å². The summed E-state index contributed by atoms with van der Waals surface area (Å²) < 4.78 is 0. The van der Waals surface area contributed by atoms with Crippen LogP contribution in [0.1, 0.15) is 24.8 Å². The highest BCUT2D eigenvalue weighted by Crippen LogP contribution is 2.17. The minimum Gasteiger partial charge on any atom is -0.338 e. The molecule has 2 aliphatic rings. The monoisotopic (exact) mass is 347 g/mol. The summed E-state index contributed by atoms with van der Waals surface area (Å²) in [4.78, 5) is 14.5. The number of amides is 2. The van der Waals surface area contributed by atoms with E-state index in [0.717, 1.165) is 45.4 Å². The molecule has 3 rings (SSSR count). The normalized spacial score (nSPS) is 22.4. The minimum absolute atomic E-state index is 0.0228. The lowest BCUT2D eigenvalue weighted by Gasteiger charge is -2.23. The molecule has 2 saturated heterocycles. The van der Waals surface area contributed by atoms with Crippen molar-refractivity contribution in [2.45, 2.75) is 31.7 Å². The van der Waals surface area contributed by atoms with Crippen molar-refractivity contribution in [3.8, 4) is 0 Å². The lowest BCUT2D eigenvalue weighted by Crippen LogP contribution is -2.45. The van der Waals surface area contributed by atoms with E-state index in [1.165, 1.54) is 23.5 Å². The van der Waals surface area contributed by atoms with E-state index < -0.39 is 0 Å². The van der Waals surface area contributed by atoms with Crippen molar-refractivity contribution in [2.75, 3.05) is 37.7 Å². The van der Waals surface area contributed by atoms with Gasteiger partial charge in [0.15, 0.2) is 0 Å². The highest BCUT2D eigenvalue weighted by atomic mass is 32.2. The first-order valence-electron chi connectivity index (χ1n) is 9.18. The molecule has 0 spiro atoms. The molecule has 5 heteroatoms. The Morgan fingerprint density at radius 2 is 1.96 bits per heavy atom. The van der Waals surface area contributed by atoms with E-state index in [-0.39, 0.29) is 6.03 Å². The number of nitrogens with one attached hydrogen (secondary N) is 2. The van der Waals surface area contributed by atoms with Gasteiger partial charge in [-0.2, -0.15) is 11.8 Å². The average Bonchev–Trinajstić information content (AvgIpc) is 3.08. The molecule has 2 heterocycles.